The van der Waals surface area contributed by atoms with E-state index in [1.807, 2.05) is 32.9 Å². The molecule has 5 nitrogen and oxygen atoms in total. The quantitative estimate of drug-likeness (QED) is 0.810. The highest BCUT2D eigenvalue weighted by Gasteiger charge is 2.21. The topological polar surface area (TPSA) is 63.2 Å². The van der Waals surface area contributed by atoms with Gasteiger partial charge < -0.3 is 0 Å². The van der Waals surface area contributed by atoms with E-state index < -0.39 is 10.0 Å². The fraction of sp³-hybridized carbons (Fsp3) is 0.333. The number of halogens is 1. The molecule has 7 heteroatoms. The summed E-state index contributed by atoms with van der Waals surface area (Å²) in [6.07, 6.45) is 4.86. The van der Waals surface area contributed by atoms with Crippen LogP contribution < -0.4 is 4.31 Å². The van der Waals surface area contributed by atoms with Crippen LogP contribution in [0.5, 0.6) is 0 Å². The normalized spacial score (nSPS) is 12.1. The number of hydrogen-bond donors (Lipinski definition) is 0. The Bertz CT molecular complexity index is 891. The summed E-state index contributed by atoms with van der Waals surface area (Å²) < 4.78 is 38.1. The molecule has 0 unspecified atom stereocenters. The maximum atomic E-state index is 13.3. The highest BCUT2D eigenvalue weighted by atomic mass is 32.2. The lowest BCUT2D eigenvalue weighted by Gasteiger charge is -2.20. The fourth-order valence-electron chi connectivity index (χ4n) is 2.36. The van der Waals surface area contributed by atoms with E-state index in [1.165, 1.54) is 19.2 Å². The molecule has 134 valence electrons. The highest BCUT2D eigenvalue weighted by molar-refractivity contribution is 7.92. The van der Waals surface area contributed by atoms with Gasteiger partial charge in [0.05, 0.1) is 17.6 Å². The first kappa shape index (κ1) is 19.1. The first-order chi connectivity index (χ1) is 11.6. The first-order valence-corrected chi connectivity index (χ1v) is 9.74. The van der Waals surface area contributed by atoms with Crippen LogP contribution in [0.1, 0.15) is 37.9 Å². The zero-order valence-corrected chi connectivity index (χ0v) is 15.8. The van der Waals surface area contributed by atoms with Crippen molar-refractivity contribution in [2.24, 2.45) is 0 Å². The van der Waals surface area contributed by atoms with Crippen molar-refractivity contribution in [2.45, 2.75) is 26.7 Å². The molecule has 0 atom stereocenters. The average molecular weight is 363 g/mol. The van der Waals surface area contributed by atoms with Gasteiger partial charge in [-0.1, -0.05) is 26.0 Å². The molecule has 0 aliphatic rings. The Morgan fingerprint density at radius 3 is 2.24 bits per heavy atom. The number of hydrogen-bond acceptors (Lipinski definition) is 4. The summed E-state index contributed by atoms with van der Waals surface area (Å²) in [5.41, 5.74) is 2.80. The first-order valence-electron chi connectivity index (χ1n) is 7.89. The monoisotopic (exact) mass is 363 g/mol. The molecule has 0 N–H and O–H groups in total. The van der Waals surface area contributed by atoms with E-state index in [4.69, 9.17) is 0 Å². The SMILES string of the molecule is C/C=C/c1c(-c2ccc(F)cc2)nc(N(C)S(C)(=O)=O)nc1C(C)C. The van der Waals surface area contributed by atoms with Crippen molar-refractivity contribution in [3.63, 3.8) is 0 Å². The van der Waals surface area contributed by atoms with Crippen LogP contribution in [0, 0.1) is 5.82 Å². The van der Waals surface area contributed by atoms with E-state index in [1.54, 1.807) is 12.1 Å². The molecule has 25 heavy (non-hydrogen) atoms. The van der Waals surface area contributed by atoms with E-state index in [0.717, 1.165) is 21.8 Å². The summed E-state index contributed by atoms with van der Waals surface area (Å²) in [4.78, 5) is 8.93. The molecule has 0 aliphatic heterocycles. The summed E-state index contributed by atoms with van der Waals surface area (Å²) in [6, 6.07) is 5.95. The number of aromatic nitrogens is 2. The summed E-state index contributed by atoms with van der Waals surface area (Å²) >= 11 is 0. The minimum Gasteiger partial charge on any atom is -0.241 e. The minimum atomic E-state index is -3.50. The predicted molar refractivity (Wildman–Crippen MR) is 99.5 cm³/mol. The smallest absolute Gasteiger partial charge is 0.239 e. The lowest BCUT2D eigenvalue weighted by atomic mass is 9.98. The number of anilines is 1. The molecule has 0 bridgehead atoms. The molecule has 0 fully saturated rings. The van der Waals surface area contributed by atoms with Crippen LogP contribution in [-0.4, -0.2) is 31.7 Å². The third-order valence-corrected chi connectivity index (χ3v) is 4.90. The maximum Gasteiger partial charge on any atom is 0.239 e. The molecule has 1 heterocycles. The van der Waals surface area contributed by atoms with Gasteiger partial charge in [-0.05, 0) is 37.1 Å². The van der Waals surface area contributed by atoms with Crippen molar-refractivity contribution in [1.82, 2.24) is 9.97 Å². The van der Waals surface area contributed by atoms with Crippen LogP contribution in [0.3, 0.4) is 0 Å². The molecule has 0 spiro atoms. The Kier molecular flexibility index (Phi) is 5.57. The standard InChI is InChI=1S/C18H22FN3O2S/c1-6-7-15-16(12(2)3)20-18(22(4)25(5,23)24)21-17(15)13-8-10-14(19)11-9-13/h6-12H,1-5H3/b7-6+. The fourth-order valence-corrected chi connectivity index (χ4v) is 2.74. The summed E-state index contributed by atoms with van der Waals surface area (Å²) in [5.74, 6) is -0.193. The van der Waals surface area contributed by atoms with E-state index in [9.17, 15) is 12.8 Å². The molecule has 0 saturated carbocycles. The van der Waals surface area contributed by atoms with Gasteiger partial charge in [-0.25, -0.2) is 27.1 Å². The lowest BCUT2D eigenvalue weighted by Crippen LogP contribution is -2.27. The summed E-state index contributed by atoms with van der Waals surface area (Å²) in [7, 11) is -2.08. The van der Waals surface area contributed by atoms with Crippen molar-refractivity contribution < 1.29 is 12.8 Å². The van der Waals surface area contributed by atoms with Gasteiger partial charge >= 0.3 is 0 Å². The Morgan fingerprint density at radius 2 is 1.76 bits per heavy atom. The van der Waals surface area contributed by atoms with Gasteiger partial charge in [0.25, 0.3) is 0 Å². The molecule has 1 aromatic heterocycles. The number of allylic oxidation sites excluding steroid dienone is 1. The highest BCUT2D eigenvalue weighted by Crippen LogP contribution is 2.31. The molecule has 2 rings (SSSR count). The molecule has 0 saturated heterocycles. The van der Waals surface area contributed by atoms with Gasteiger partial charge in [0, 0.05) is 18.2 Å². The summed E-state index contributed by atoms with van der Waals surface area (Å²) in [5, 5.41) is 0. The zero-order chi connectivity index (χ0) is 18.8. The van der Waals surface area contributed by atoms with Crippen LogP contribution in [0.4, 0.5) is 10.3 Å². The number of nitrogens with zero attached hydrogens (tertiary/aromatic N) is 3. The van der Waals surface area contributed by atoms with Gasteiger partial charge in [-0.2, -0.15) is 0 Å². The van der Waals surface area contributed by atoms with E-state index in [-0.39, 0.29) is 17.7 Å². The second-order valence-corrected chi connectivity index (χ2v) is 8.08. The molecule has 2 aromatic rings. The van der Waals surface area contributed by atoms with Gasteiger partial charge in [0.1, 0.15) is 5.82 Å². The van der Waals surface area contributed by atoms with Crippen molar-refractivity contribution >= 4 is 22.0 Å². The third kappa shape index (κ3) is 4.22. The van der Waals surface area contributed by atoms with Crippen LogP contribution in [0.25, 0.3) is 17.3 Å². The molecular weight excluding hydrogens is 341 g/mol. The van der Waals surface area contributed by atoms with Gasteiger partial charge in [0.2, 0.25) is 16.0 Å². The zero-order valence-electron chi connectivity index (χ0n) is 15.0. The second-order valence-electron chi connectivity index (χ2n) is 6.06. The maximum absolute atomic E-state index is 13.3. The van der Waals surface area contributed by atoms with E-state index >= 15 is 0 Å². The Labute approximate surface area is 148 Å². The lowest BCUT2D eigenvalue weighted by molar-refractivity contribution is 0.599. The van der Waals surface area contributed by atoms with Crippen LogP contribution >= 0.6 is 0 Å². The van der Waals surface area contributed by atoms with Crippen molar-refractivity contribution in [3.8, 4) is 11.3 Å². The number of rotatable bonds is 5. The second kappa shape index (κ2) is 7.31. The van der Waals surface area contributed by atoms with Crippen LogP contribution in [0.2, 0.25) is 0 Å². The number of sulfonamides is 1. The number of benzene rings is 1. The van der Waals surface area contributed by atoms with Gasteiger partial charge in [-0.15, -0.1) is 0 Å². The third-order valence-electron chi connectivity index (χ3n) is 3.74. The van der Waals surface area contributed by atoms with E-state index in [0.29, 0.717) is 11.3 Å². The van der Waals surface area contributed by atoms with Gasteiger partial charge in [-0.3, -0.25) is 0 Å². The van der Waals surface area contributed by atoms with Crippen molar-refractivity contribution in [2.75, 3.05) is 17.6 Å². The Balaban J connectivity index is 2.81. The van der Waals surface area contributed by atoms with Crippen molar-refractivity contribution in [3.05, 3.63) is 47.4 Å². The molecule has 1 aromatic carbocycles. The van der Waals surface area contributed by atoms with E-state index in [2.05, 4.69) is 9.97 Å². The predicted octanol–water partition coefficient (Wildman–Crippen LogP) is 3.84. The minimum absolute atomic E-state index is 0.0557. The molecular formula is C18H22FN3O2S. The Morgan fingerprint density at radius 1 is 1.16 bits per heavy atom. The summed E-state index contributed by atoms with van der Waals surface area (Å²) in [6.45, 7) is 5.84. The van der Waals surface area contributed by atoms with Crippen LogP contribution in [0.15, 0.2) is 30.3 Å². The Hall–Kier alpha value is -2.28. The van der Waals surface area contributed by atoms with Crippen LogP contribution in [-0.2, 0) is 10.0 Å². The van der Waals surface area contributed by atoms with Gasteiger partial charge in [0.15, 0.2) is 0 Å². The molecule has 0 amide bonds. The molecule has 0 aliphatic carbocycles. The largest absolute Gasteiger partial charge is 0.241 e. The molecule has 0 radical (unpaired) electrons. The average Bonchev–Trinajstić information content (AvgIpc) is 2.54. The van der Waals surface area contributed by atoms with Crippen molar-refractivity contribution in [1.29, 1.82) is 0 Å².